The molecule has 3 aliphatic rings. The minimum Gasteiger partial charge on any atom is -0.369 e. The fourth-order valence-corrected chi connectivity index (χ4v) is 4.25. The molecule has 12 heteroatoms. The lowest BCUT2D eigenvalue weighted by Gasteiger charge is -2.46. The summed E-state index contributed by atoms with van der Waals surface area (Å²) in [6.07, 6.45) is 0.464. The summed E-state index contributed by atoms with van der Waals surface area (Å²) in [5, 5.41) is 24.2. The van der Waals surface area contributed by atoms with Crippen molar-refractivity contribution in [1.82, 2.24) is 29.7 Å². The van der Waals surface area contributed by atoms with Crippen molar-refractivity contribution < 1.29 is 18.3 Å². The van der Waals surface area contributed by atoms with Gasteiger partial charge < -0.3 is 20.6 Å². The Kier molecular flexibility index (Phi) is 4.36. The van der Waals surface area contributed by atoms with Crippen molar-refractivity contribution in [3.8, 4) is 0 Å². The summed E-state index contributed by atoms with van der Waals surface area (Å²) in [5.41, 5.74) is -0.730. The van der Waals surface area contributed by atoms with Gasteiger partial charge in [-0.3, -0.25) is 4.68 Å². The maximum atomic E-state index is 13.2. The number of piperidine rings is 2. The minimum absolute atomic E-state index is 0.286. The smallest absolute Gasteiger partial charge is 0.369 e. The van der Waals surface area contributed by atoms with Crippen LogP contribution in [0.4, 0.5) is 24.7 Å². The van der Waals surface area contributed by atoms with E-state index < -0.39 is 18.1 Å². The van der Waals surface area contributed by atoms with Crippen LogP contribution < -0.4 is 15.5 Å². The summed E-state index contributed by atoms with van der Waals surface area (Å²) >= 11 is 0. The van der Waals surface area contributed by atoms with Gasteiger partial charge in [0.25, 0.3) is 0 Å². The third-order valence-corrected chi connectivity index (χ3v) is 5.71. The molecular weight excluding hydrogens is 401 g/mol. The second kappa shape index (κ2) is 6.84. The van der Waals surface area contributed by atoms with Gasteiger partial charge >= 0.3 is 6.18 Å². The Labute approximate surface area is 169 Å². The third-order valence-electron chi connectivity index (χ3n) is 5.71. The lowest BCUT2D eigenvalue weighted by atomic mass is 9.93. The number of aliphatic hydroxyl groups excluding tert-OH is 1. The van der Waals surface area contributed by atoms with Crippen LogP contribution in [0.5, 0.6) is 0 Å². The Morgan fingerprint density at radius 1 is 1.33 bits per heavy atom. The van der Waals surface area contributed by atoms with Gasteiger partial charge in [-0.1, -0.05) is 0 Å². The van der Waals surface area contributed by atoms with Gasteiger partial charge in [0.05, 0.1) is 17.4 Å². The first kappa shape index (κ1) is 19.1. The van der Waals surface area contributed by atoms with Gasteiger partial charge in [0.2, 0.25) is 0 Å². The van der Waals surface area contributed by atoms with Gasteiger partial charge in [-0.2, -0.15) is 23.4 Å². The number of aromatic nitrogens is 5. The highest BCUT2D eigenvalue weighted by molar-refractivity contribution is 5.57. The van der Waals surface area contributed by atoms with Crippen LogP contribution in [-0.2, 0) is 13.2 Å². The van der Waals surface area contributed by atoms with Crippen molar-refractivity contribution in [1.29, 1.82) is 0 Å². The molecule has 2 bridgehead atoms. The molecule has 9 nitrogen and oxygen atoms in total. The van der Waals surface area contributed by atoms with Gasteiger partial charge in [-0.05, 0) is 18.9 Å². The molecule has 0 saturated carbocycles. The first-order chi connectivity index (χ1) is 14.3. The first-order valence-electron chi connectivity index (χ1n) is 9.69. The molecule has 0 radical (unpaired) electrons. The predicted molar refractivity (Wildman–Crippen MR) is 102 cm³/mol. The normalized spacial score (nSPS) is 22.6. The quantitative estimate of drug-likeness (QED) is 0.549. The van der Waals surface area contributed by atoms with Crippen LogP contribution in [0.1, 0.15) is 30.3 Å². The van der Waals surface area contributed by atoms with E-state index in [-0.39, 0.29) is 11.3 Å². The number of nitrogens with zero attached hydrogens (tertiary/aromatic N) is 6. The molecule has 0 amide bonds. The summed E-state index contributed by atoms with van der Waals surface area (Å²) in [6.45, 7) is 1.75. The molecule has 0 spiro atoms. The number of aliphatic hydroxyl groups is 1. The lowest BCUT2D eigenvalue weighted by molar-refractivity contribution is -0.140. The van der Waals surface area contributed by atoms with Gasteiger partial charge in [-0.25, -0.2) is 9.50 Å². The molecule has 3 atom stereocenters. The van der Waals surface area contributed by atoms with E-state index in [9.17, 15) is 18.3 Å². The molecule has 3 saturated heterocycles. The molecule has 3 aliphatic heterocycles. The number of alkyl halides is 3. The molecule has 6 rings (SSSR count). The zero-order valence-electron chi connectivity index (χ0n) is 16.1. The molecule has 3 aromatic rings. The number of piperazine rings is 1. The maximum absolute atomic E-state index is 13.2. The topological polar surface area (TPSA) is 95.5 Å². The molecule has 0 aliphatic carbocycles. The highest BCUT2D eigenvalue weighted by Gasteiger charge is 2.38. The largest absolute Gasteiger partial charge is 0.437 e. The molecule has 3 aromatic heterocycles. The fraction of sp³-hybridized carbons (Fsp3) is 0.500. The van der Waals surface area contributed by atoms with E-state index >= 15 is 0 Å². The number of halogens is 3. The number of fused-ring (bicyclic) bond motifs is 4. The number of hydrogen-bond acceptors (Lipinski definition) is 7. The van der Waals surface area contributed by atoms with E-state index in [1.807, 2.05) is 6.07 Å². The van der Waals surface area contributed by atoms with Crippen molar-refractivity contribution in [2.24, 2.45) is 7.05 Å². The van der Waals surface area contributed by atoms with Crippen LogP contribution in [0, 0.1) is 0 Å². The maximum Gasteiger partial charge on any atom is 0.437 e. The summed E-state index contributed by atoms with van der Waals surface area (Å²) < 4.78 is 42.2. The Hall–Kier alpha value is -2.86. The van der Waals surface area contributed by atoms with Crippen LogP contribution in [0.15, 0.2) is 24.7 Å². The van der Waals surface area contributed by atoms with Gasteiger partial charge in [0, 0.05) is 44.6 Å². The molecular formula is C18H21F3N8O. The molecule has 6 heterocycles. The highest BCUT2D eigenvalue weighted by atomic mass is 19.4. The van der Waals surface area contributed by atoms with E-state index in [2.05, 4.69) is 30.7 Å². The second-order valence-corrected chi connectivity index (χ2v) is 7.75. The Balaban J connectivity index is 1.45. The SMILES string of the molecule is Cn1cc(NC(O)c2cnn3ccc(N4C[C@H]5CC[C@@H]4CN5)nc23)c(C(F)(F)F)n1. The summed E-state index contributed by atoms with van der Waals surface area (Å²) in [5.74, 6) is 0.769. The van der Waals surface area contributed by atoms with Crippen LogP contribution in [0.25, 0.3) is 5.65 Å². The van der Waals surface area contributed by atoms with Crippen molar-refractivity contribution in [2.75, 3.05) is 23.3 Å². The number of anilines is 2. The summed E-state index contributed by atoms with van der Waals surface area (Å²) in [7, 11) is 1.39. The van der Waals surface area contributed by atoms with Crippen molar-refractivity contribution in [2.45, 2.75) is 37.3 Å². The Morgan fingerprint density at radius 3 is 2.83 bits per heavy atom. The molecule has 30 heavy (non-hydrogen) atoms. The second-order valence-electron chi connectivity index (χ2n) is 7.75. The third kappa shape index (κ3) is 3.25. The Bertz CT molecular complexity index is 1070. The summed E-state index contributed by atoms with van der Waals surface area (Å²) in [4.78, 5) is 6.91. The zero-order chi connectivity index (χ0) is 21.0. The van der Waals surface area contributed by atoms with Crippen molar-refractivity contribution in [3.05, 3.63) is 35.9 Å². The fourth-order valence-electron chi connectivity index (χ4n) is 4.25. The number of nitrogens with one attached hydrogen (secondary N) is 2. The minimum atomic E-state index is -4.64. The average molecular weight is 422 g/mol. The first-order valence-corrected chi connectivity index (χ1v) is 9.69. The molecule has 160 valence electrons. The summed E-state index contributed by atoms with van der Waals surface area (Å²) in [6, 6.07) is 2.65. The standard InChI is InChI=1S/C18H21F3N8O/c1-27-9-13(15(26-27)18(19,20)21)24-17(30)12-7-23-29-5-4-14(25-16(12)29)28-8-10-2-3-11(28)6-22-10/h4-5,7,9-11,17,22,24,30H,2-3,6,8H2,1H3/t10-,11-,17?/m1/s1. The monoisotopic (exact) mass is 422 g/mol. The van der Waals surface area contributed by atoms with Crippen molar-refractivity contribution in [3.63, 3.8) is 0 Å². The Morgan fingerprint density at radius 2 is 2.17 bits per heavy atom. The van der Waals surface area contributed by atoms with Gasteiger partial charge in [0.15, 0.2) is 17.6 Å². The van der Waals surface area contributed by atoms with E-state index in [1.54, 1.807) is 6.20 Å². The van der Waals surface area contributed by atoms with E-state index in [4.69, 9.17) is 0 Å². The van der Waals surface area contributed by atoms with E-state index in [0.717, 1.165) is 36.4 Å². The van der Waals surface area contributed by atoms with Crippen molar-refractivity contribution >= 4 is 17.2 Å². The molecule has 1 unspecified atom stereocenters. The molecule has 0 aromatic carbocycles. The number of hydrogen-bond donors (Lipinski definition) is 3. The van der Waals surface area contributed by atoms with Crippen LogP contribution >= 0.6 is 0 Å². The predicted octanol–water partition coefficient (Wildman–Crippen LogP) is 1.53. The number of aryl methyl sites for hydroxylation is 1. The molecule has 3 N–H and O–H groups in total. The van der Waals surface area contributed by atoms with Gasteiger partial charge in [-0.15, -0.1) is 0 Å². The van der Waals surface area contributed by atoms with Gasteiger partial charge in [0.1, 0.15) is 5.82 Å². The van der Waals surface area contributed by atoms with E-state index in [1.165, 1.54) is 24.0 Å². The van der Waals surface area contributed by atoms with E-state index in [0.29, 0.717) is 17.7 Å². The zero-order valence-corrected chi connectivity index (χ0v) is 16.1. The van der Waals surface area contributed by atoms with Crippen LogP contribution in [0.3, 0.4) is 0 Å². The van der Waals surface area contributed by atoms with Crippen LogP contribution in [0.2, 0.25) is 0 Å². The highest BCUT2D eigenvalue weighted by Crippen LogP contribution is 2.35. The average Bonchev–Trinajstić information content (AvgIpc) is 3.31. The van der Waals surface area contributed by atoms with Crippen LogP contribution in [-0.4, -0.2) is 54.7 Å². The number of rotatable bonds is 4. The molecule has 3 fully saturated rings. The lowest BCUT2D eigenvalue weighted by Crippen LogP contribution is -2.61.